The van der Waals surface area contributed by atoms with Crippen LogP contribution < -0.4 is 20.7 Å². The highest BCUT2D eigenvalue weighted by atomic mass is 32.1. The Morgan fingerprint density at radius 3 is 2.69 bits per heavy atom. The summed E-state index contributed by atoms with van der Waals surface area (Å²) in [5.74, 6) is 0.946. The van der Waals surface area contributed by atoms with Gasteiger partial charge in [0.15, 0.2) is 0 Å². The summed E-state index contributed by atoms with van der Waals surface area (Å²) in [4.78, 5) is 30.5. The summed E-state index contributed by atoms with van der Waals surface area (Å²) >= 11 is 1.51. The molecule has 7 nitrogen and oxygen atoms in total. The average molecular weight is 457 g/mol. The molecule has 2 aromatic rings. The van der Waals surface area contributed by atoms with Gasteiger partial charge in [0.2, 0.25) is 5.91 Å². The van der Waals surface area contributed by atoms with Crippen molar-refractivity contribution >= 4 is 33.8 Å². The van der Waals surface area contributed by atoms with E-state index in [2.05, 4.69) is 28.1 Å². The minimum absolute atomic E-state index is 0.0951. The lowest BCUT2D eigenvalue weighted by Gasteiger charge is -2.36. The zero-order valence-corrected chi connectivity index (χ0v) is 19.7. The summed E-state index contributed by atoms with van der Waals surface area (Å²) in [7, 11) is 0. The first kappa shape index (κ1) is 22.6. The molecule has 172 valence electrons. The topological polar surface area (TPSA) is 87.9 Å². The van der Waals surface area contributed by atoms with Crippen molar-refractivity contribution in [1.82, 2.24) is 4.90 Å². The number of nitrogens with two attached hydrogens (primary N) is 1. The summed E-state index contributed by atoms with van der Waals surface area (Å²) in [6.07, 6.45) is 2.85. The third-order valence-corrected chi connectivity index (χ3v) is 7.43. The van der Waals surface area contributed by atoms with Gasteiger partial charge in [0.25, 0.3) is 5.91 Å². The molecular formula is C24H32N4O3S. The van der Waals surface area contributed by atoms with Crippen molar-refractivity contribution in [2.24, 2.45) is 11.7 Å². The number of carbonyl (C=O) groups excluding carboxylic acids is 2. The van der Waals surface area contributed by atoms with Crippen LogP contribution in [0.25, 0.3) is 0 Å². The van der Waals surface area contributed by atoms with Crippen molar-refractivity contribution < 1.29 is 14.3 Å². The van der Waals surface area contributed by atoms with Gasteiger partial charge in [-0.05, 0) is 49.8 Å². The number of benzene rings is 1. The lowest BCUT2D eigenvalue weighted by molar-refractivity contribution is -0.117. The summed E-state index contributed by atoms with van der Waals surface area (Å²) in [5, 5.41) is 3.60. The Morgan fingerprint density at radius 1 is 1.22 bits per heavy atom. The third kappa shape index (κ3) is 4.91. The molecule has 1 aromatic carbocycles. The van der Waals surface area contributed by atoms with Crippen LogP contribution in [0.3, 0.4) is 0 Å². The quantitative estimate of drug-likeness (QED) is 0.668. The number of hydrogen-bond donors (Lipinski definition) is 2. The first-order chi connectivity index (χ1) is 15.5. The number of carbonyl (C=O) groups is 2. The van der Waals surface area contributed by atoms with Crippen LogP contribution in [-0.2, 0) is 17.6 Å². The van der Waals surface area contributed by atoms with Crippen LogP contribution in [0.4, 0.5) is 10.7 Å². The Balaban J connectivity index is 1.36. The molecule has 0 spiro atoms. The second kappa shape index (κ2) is 9.92. The van der Waals surface area contributed by atoms with Crippen molar-refractivity contribution in [2.45, 2.75) is 33.1 Å². The van der Waals surface area contributed by atoms with E-state index in [0.29, 0.717) is 29.6 Å². The van der Waals surface area contributed by atoms with Crippen molar-refractivity contribution in [3.05, 3.63) is 40.3 Å². The Bertz CT molecular complexity index is 982. The number of nitrogens with zero attached hydrogens (tertiary/aromatic N) is 2. The molecule has 3 N–H and O–H groups in total. The van der Waals surface area contributed by atoms with Gasteiger partial charge in [-0.15, -0.1) is 11.3 Å². The first-order valence-corrected chi connectivity index (χ1v) is 12.2. The van der Waals surface area contributed by atoms with E-state index in [1.807, 2.05) is 25.1 Å². The Labute approximate surface area is 193 Å². The van der Waals surface area contributed by atoms with Crippen LogP contribution in [0, 0.1) is 5.92 Å². The molecule has 2 amide bonds. The average Bonchev–Trinajstić information content (AvgIpc) is 3.12. The molecule has 0 saturated carbocycles. The second-order valence-electron chi connectivity index (χ2n) is 8.63. The van der Waals surface area contributed by atoms with Crippen molar-refractivity contribution in [1.29, 1.82) is 0 Å². The van der Waals surface area contributed by atoms with E-state index in [1.165, 1.54) is 16.2 Å². The maximum Gasteiger partial charge on any atom is 0.251 e. The van der Waals surface area contributed by atoms with Gasteiger partial charge in [-0.25, -0.2) is 0 Å². The number of amides is 2. The van der Waals surface area contributed by atoms with E-state index in [4.69, 9.17) is 10.5 Å². The molecule has 1 aromatic heterocycles. The highest BCUT2D eigenvalue weighted by Gasteiger charge is 2.28. The fraction of sp³-hybridized carbons (Fsp3) is 0.500. The maximum absolute atomic E-state index is 12.8. The molecule has 8 heteroatoms. The molecule has 1 saturated heterocycles. The van der Waals surface area contributed by atoms with Crippen LogP contribution in [0.5, 0.6) is 5.75 Å². The Kier molecular flexibility index (Phi) is 7.01. The molecule has 4 rings (SSSR count). The van der Waals surface area contributed by atoms with Gasteiger partial charge in [-0.3, -0.25) is 14.5 Å². The number of nitrogens with one attached hydrogen (secondary N) is 1. The Hall–Kier alpha value is -2.58. The standard InChI is InChI=1S/C24H32N4O3S/c1-3-31-19-7-5-4-6-18(19)28-12-10-27(11-13-28)15-21(29)26-24-22(23(25)30)17-9-8-16(2)14-20(17)32-24/h4-7,16H,3,8-15H2,1-2H3,(H2,25,30)(H,26,29). The molecule has 2 heterocycles. The number of piperazine rings is 1. The van der Waals surface area contributed by atoms with Crippen LogP contribution in [0.1, 0.15) is 41.1 Å². The lowest BCUT2D eigenvalue weighted by atomic mass is 9.88. The molecule has 0 radical (unpaired) electrons. The lowest BCUT2D eigenvalue weighted by Crippen LogP contribution is -2.48. The minimum atomic E-state index is -0.450. The van der Waals surface area contributed by atoms with Gasteiger partial charge < -0.3 is 20.7 Å². The van der Waals surface area contributed by atoms with E-state index in [0.717, 1.165) is 62.4 Å². The Morgan fingerprint density at radius 2 is 1.97 bits per heavy atom. The molecule has 1 atom stereocenters. The molecule has 32 heavy (non-hydrogen) atoms. The van der Waals surface area contributed by atoms with Gasteiger partial charge >= 0.3 is 0 Å². The monoisotopic (exact) mass is 456 g/mol. The smallest absolute Gasteiger partial charge is 0.251 e. The fourth-order valence-electron chi connectivity index (χ4n) is 4.61. The number of hydrogen-bond acceptors (Lipinski definition) is 6. The number of thiophene rings is 1. The zero-order valence-electron chi connectivity index (χ0n) is 18.9. The van der Waals surface area contributed by atoms with E-state index in [9.17, 15) is 9.59 Å². The largest absolute Gasteiger partial charge is 0.492 e. The molecule has 1 aliphatic heterocycles. The molecule has 1 aliphatic carbocycles. The predicted octanol–water partition coefficient (Wildman–Crippen LogP) is 3.13. The number of rotatable bonds is 7. The van der Waals surface area contributed by atoms with Gasteiger partial charge in [0.1, 0.15) is 10.8 Å². The molecule has 1 fully saturated rings. The first-order valence-electron chi connectivity index (χ1n) is 11.4. The van der Waals surface area contributed by atoms with Crippen LogP contribution >= 0.6 is 11.3 Å². The minimum Gasteiger partial charge on any atom is -0.492 e. The van der Waals surface area contributed by atoms with E-state index in [1.54, 1.807) is 0 Å². The summed E-state index contributed by atoms with van der Waals surface area (Å²) < 4.78 is 5.76. The number of fused-ring (bicyclic) bond motifs is 1. The normalized spacial score (nSPS) is 18.8. The summed E-state index contributed by atoms with van der Waals surface area (Å²) in [5.41, 5.74) is 8.33. The number of primary amides is 1. The van der Waals surface area contributed by atoms with Crippen molar-refractivity contribution in [3.8, 4) is 5.75 Å². The van der Waals surface area contributed by atoms with Crippen LogP contribution in [-0.4, -0.2) is 56.0 Å². The van der Waals surface area contributed by atoms with E-state index >= 15 is 0 Å². The SMILES string of the molecule is CCOc1ccccc1N1CCN(CC(=O)Nc2sc3c(c2C(N)=O)CCC(C)C3)CC1. The van der Waals surface area contributed by atoms with Crippen LogP contribution in [0.15, 0.2) is 24.3 Å². The van der Waals surface area contributed by atoms with Gasteiger partial charge in [0, 0.05) is 31.1 Å². The highest BCUT2D eigenvalue weighted by Crippen LogP contribution is 2.39. The third-order valence-electron chi connectivity index (χ3n) is 6.26. The van der Waals surface area contributed by atoms with Gasteiger partial charge in [0.05, 0.1) is 24.4 Å². The van der Waals surface area contributed by atoms with Crippen molar-refractivity contribution in [3.63, 3.8) is 0 Å². The maximum atomic E-state index is 12.8. The summed E-state index contributed by atoms with van der Waals surface area (Å²) in [6.45, 7) is 8.38. The molecule has 2 aliphatic rings. The number of para-hydroxylation sites is 2. The summed E-state index contributed by atoms with van der Waals surface area (Å²) in [6, 6.07) is 8.09. The molecule has 0 bridgehead atoms. The number of anilines is 2. The molecule has 1 unspecified atom stereocenters. The van der Waals surface area contributed by atoms with Crippen molar-refractivity contribution in [2.75, 3.05) is 49.5 Å². The predicted molar refractivity (Wildman–Crippen MR) is 129 cm³/mol. The highest BCUT2D eigenvalue weighted by molar-refractivity contribution is 7.17. The van der Waals surface area contributed by atoms with Gasteiger partial charge in [-0.2, -0.15) is 0 Å². The number of ether oxygens (including phenoxy) is 1. The second-order valence-corrected chi connectivity index (χ2v) is 9.74. The molecular weight excluding hydrogens is 424 g/mol. The zero-order chi connectivity index (χ0) is 22.7. The van der Waals surface area contributed by atoms with Crippen LogP contribution in [0.2, 0.25) is 0 Å². The van der Waals surface area contributed by atoms with Gasteiger partial charge in [-0.1, -0.05) is 19.1 Å². The fourth-order valence-corrected chi connectivity index (χ4v) is 6.04. The van der Waals surface area contributed by atoms with E-state index < -0.39 is 5.91 Å². The van der Waals surface area contributed by atoms with E-state index in [-0.39, 0.29) is 5.91 Å².